The van der Waals surface area contributed by atoms with Gasteiger partial charge < -0.3 is 19.9 Å². The molecule has 0 aromatic heterocycles. The second kappa shape index (κ2) is 9.67. The van der Waals surface area contributed by atoms with Crippen molar-refractivity contribution in [2.75, 3.05) is 6.61 Å². The van der Waals surface area contributed by atoms with Gasteiger partial charge in [0.05, 0.1) is 22.6 Å². The van der Waals surface area contributed by atoms with Crippen molar-refractivity contribution >= 4 is 21.9 Å². The molecular weight excluding hydrogens is 467 g/mol. The molecule has 8 heteroatoms. The third kappa shape index (κ3) is 4.89. The fourth-order valence-corrected chi connectivity index (χ4v) is 3.75. The summed E-state index contributed by atoms with van der Waals surface area (Å²) in [7, 11) is 0. The number of halogens is 2. The Morgan fingerprint density at radius 2 is 2.00 bits per heavy atom. The standard InChI is InChI=1S/C23H20BrFN2O4/c1-3-29-23(28)20-13(2)31-22(27)17(11-26)21(20)15-6-9-19(18(24)10-15)30-12-14-4-7-16(25)8-5-14/h4-10,21H,3,12,27H2,1-2H3. The van der Waals surface area contributed by atoms with Crippen molar-refractivity contribution in [1.82, 2.24) is 0 Å². The van der Waals surface area contributed by atoms with E-state index in [-0.39, 0.29) is 41.8 Å². The molecule has 0 saturated carbocycles. The molecule has 31 heavy (non-hydrogen) atoms. The Morgan fingerprint density at radius 3 is 2.61 bits per heavy atom. The number of nitrogens with zero attached hydrogens (tertiary/aromatic N) is 1. The maximum atomic E-state index is 13.1. The Kier molecular flexibility index (Phi) is 6.98. The second-order valence-corrected chi connectivity index (χ2v) is 7.57. The number of ether oxygens (including phenoxy) is 3. The van der Waals surface area contributed by atoms with Gasteiger partial charge in [0.15, 0.2) is 0 Å². The molecule has 1 atom stereocenters. The first-order chi connectivity index (χ1) is 14.8. The minimum Gasteiger partial charge on any atom is -0.488 e. The number of benzene rings is 2. The van der Waals surface area contributed by atoms with Crippen molar-refractivity contribution < 1.29 is 23.4 Å². The molecule has 1 heterocycles. The van der Waals surface area contributed by atoms with Crippen molar-refractivity contribution in [1.29, 1.82) is 5.26 Å². The SMILES string of the molecule is CCOC(=O)C1=C(C)OC(N)=C(C#N)C1c1ccc(OCc2ccc(F)cc2)c(Br)c1. The van der Waals surface area contributed by atoms with Gasteiger partial charge in [-0.1, -0.05) is 18.2 Å². The Hall–Kier alpha value is -3.31. The van der Waals surface area contributed by atoms with Crippen LogP contribution in [0.15, 0.2) is 69.7 Å². The summed E-state index contributed by atoms with van der Waals surface area (Å²) in [5.74, 6) is -0.835. The number of nitrogens with two attached hydrogens (primary N) is 1. The Balaban J connectivity index is 1.92. The lowest BCUT2D eigenvalue weighted by Gasteiger charge is -2.27. The lowest BCUT2D eigenvalue weighted by Crippen LogP contribution is -2.25. The summed E-state index contributed by atoms with van der Waals surface area (Å²) in [4.78, 5) is 12.6. The average molecular weight is 487 g/mol. The van der Waals surface area contributed by atoms with Gasteiger partial charge in [0, 0.05) is 0 Å². The molecule has 0 bridgehead atoms. The Morgan fingerprint density at radius 1 is 1.29 bits per heavy atom. The molecule has 2 aromatic rings. The van der Waals surface area contributed by atoms with E-state index in [2.05, 4.69) is 15.9 Å². The maximum absolute atomic E-state index is 13.1. The van der Waals surface area contributed by atoms with Crippen LogP contribution in [0.2, 0.25) is 0 Å². The van der Waals surface area contributed by atoms with Gasteiger partial charge in [-0.15, -0.1) is 0 Å². The van der Waals surface area contributed by atoms with Crippen molar-refractivity contribution in [2.45, 2.75) is 26.4 Å². The van der Waals surface area contributed by atoms with Gasteiger partial charge in [0.2, 0.25) is 5.88 Å². The van der Waals surface area contributed by atoms with E-state index in [4.69, 9.17) is 19.9 Å². The van der Waals surface area contributed by atoms with Gasteiger partial charge in [0.1, 0.15) is 35.6 Å². The van der Waals surface area contributed by atoms with Crippen LogP contribution in [0.4, 0.5) is 4.39 Å². The molecule has 6 nitrogen and oxygen atoms in total. The normalized spacial score (nSPS) is 15.9. The molecule has 0 saturated heterocycles. The Bertz CT molecular complexity index is 1100. The van der Waals surface area contributed by atoms with E-state index < -0.39 is 11.9 Å². The number of allylic oxidation sites excluding steroid dienone is 2. The minimum absolute atomic E-state index is 0.0502. The number of rotatable bonds is 6. The van der Waals surface area contributed by atoms with Crippen molar-refractivity contribution in [3.05, 3.63) is 86.7 Å². The van der Waals surface area contributed by atoms with Crippen molar-refractivity contribution in [3.8, 4) is 11.8 Å². The summed E-state index contributed by atoms with van der Waals surface area (Å²) in [5, 5.41) is 9.66. The lowest BCUT2D eigenvalue weighted by atomic mass is 9.83. The highest BCUT2D eigenvalue weighted by Gasteiger charge is 2.36. The monoisotopic (exact) mass is 486 g/mol. The number of hydrogen-bond donors (Lipinski definition) is 1. The zero-order chi connectivity index (χ0) is 22.5. The highest BCUT2D eigenvalue weighted by atomic mass is 79.9. The topological polar surface area (TPSA) is 94.6 Å². The van der Waals surface area contributed by atoms with E-state index in [9.17, 15) is 14.4 Å². The summed E-state index contributed by atoms with van der Waals surface area (Å²) in [6, 6.07) is 13.3. The first kappa shape index (κ1) is 22.4. The summed E-state index contributed by atoms with van der Waals surface area (Å²) in [5.41, 5.74) is 7.72. The molecule has 0 aliphatic carbocycles. The van der Waals surface area contributed by atoms with Crippen molar-refractivity contribution in [2.24, 2.45) is 5.73 Å². The lowest BCUT2D eigenvalue weighted by molar-refractivity contribution is -0.139. The van der Waals surface area contributed by atoms with E-state index in [0.29, 0.717) is 15.8 Å². The van der Waals surface area contributed by atoms with Crippen LogP contribution >= 0.6 is 15.9 Å². The largest absolute Gasteiger partial charge is 0.488 e. The fraction of sp³-hybridized carbons (Fsp3) is 0.217. The predicted molar refractivity (Wildman–Crippen MR) is 115 cm³/mol. The zero-order valence-corrected chi connectivity index (χ0v) is 18.5. The van der Waals surface area contributed by atoms with Crippen molar-refractivity contribution in [3.63, 3.8) is 0 Å². The first-order valence-corrected chi connectivity index (χ1v) is 10.3. The zero-order valence-electron chi connectivity index (χ0n) is 16.9. The molecule has 0 amide bonds. The van der Waals surface area contributed by atoms with Crippen LogP contribution in [0.1, 0.15) is 30.9 Å². The highest BCUT2D eigenvalue weighted by molar-refractivity contribution is 9.10. The molecule has 160 valence electrons. The summed E-state index contributed by atoms with van der Waals surface area (Å²) < 4.78 is 30.1. The van der Waals surface area contributed by atoms with Crippen LogP contribution in [0, 0.1) is 17.1 Å². The highest BCUT2D eigenvalue weighted by Crippen LogP contribution is 2.41. The van der Waals surface area contributed by atoms with Crippen LogP contribution in [-0.4, -0.2) is 12.6 Å². The average Bonchev–Trinajstić information content (AvgIpc) is 2.73. The molecule has 2 aromatic carbocycles. The van der Waals surface area contributed by atoms with Crippen LogP contribution in [0.5, 0.6) is 5.75 Å². The quantitative estimate of drug-likeness (QED) is 0.588. The van der Waals surface area contributed by atoms with Gasteiger partial charge in [-0.05, 0) is 65.2 Å². The van der Waals surface area contributed by atoms with Crippen LogP contribution in [0.25, 0.3) is 0 Å². The van der Waals surface area contributed by atoms with E-state index in [0.717, 1.165) is 5.56 Å². The molecule has 0 spiro atoms. The number of esters is 1. The molecular formula is C23H20BrFN2O4. The van der Waals surface area contributed by atoms with Gasteiger partial charge in [-0.3, -0.25) is 0 Å². The predicted octanol–water partition coefficient (Wildman–Crippen LogP) is 4.81. The number of nitriles is 1. The second-order valence-electron chi connectivity index (χ2n) is 6.72. The molecule has 2 N–H and O–H groups in total. The van der Waals surface area contributed by atoms with E-state index >= 15 is 0 Å². The maximum Gasteiger partial charge on any atom is 0.338 e. The van der Waals surface area contributed by atoms with Gasteiger partial charge >= 0.3 is 5.97 Å². The van der Waals surface area contributed by atoms with E-state index in [1.807, 2.05) is 6.07 Å². The minimum atomic E-state index is -0.736. The number of carbonyl (C=O) groups excluding carboxylic acids is 1. The molecule has 0 radical (unpaired) electrons. The third-order valence-corrected chi connectivity index (χ3v) is 5.32. The molecule has 1 aliphatic heterocycles. The first-order valence-electron chi connectivity index (χ1n) is 9.47. The summed E-state index contributed by atoms with van der Waals surface area (Å²) in [6.45, 7) is 3.74. The molecule has 0 fully saturated rings. The van der Waals surface area contributed by atoms with Crippen LogP contribution < -0.4 is 10.5 Å². The van der Waals surface area contributed by atoms with Gasteiger partial charge in [-0.25, -0.2) is 9.18 Å². The van der Waals surface area contributed by atoms with E-state index in [1.54, 1.807) is 44.2 Å². The molecule has 3 rings (SSSR count). The van der Waals surface area contributed by atoms with Gasteiger partial charge in [0.25, 0.3) is 0 Å². The smallest absolute Gasteiger partial charge is 0.338 e. The van der Waals surface area contributed by atoms with E-state index in [1.165, 1.54) is 12.1 Å². The summed E-state index contributed by atoms with van der Waals surface area (Å²) in [6.07, 6.45) is 0. The molecule has 1 aliphatic rings. The van der Waals surface area contributed by atoms with Crippen LogP contribution in [-0.2, 0) is 20.9 Å². The molecule has 1 unspecified atom stereocenters. The fourth-order valence-electron chi connectivity index (χ4n) is 3.24. The number of hydrogen-bond acceptors (Lipinski definition) is 6. The summed E-state index contributed by atoms with van der Waals surface area (Å²) >= 11 is 3.48. The van der Waals surface area contributed by atoms with Gasteiger partial charge in [-0.2, -0.15) is 5.26 Å². The van der Waals surface area contributed by atoms with Crippen LogP contribution in [0.3, 0.4) is 0 Å². The number of carbonyl (C=O) groups is 1. The Labute approximate surface area is 187 Å². The third-order valence-electron chi connectivity index (χ3n) is 4.70.